The van der Waals surface area contributed by atoms with Crippen molar-refractivity contribution in [1.29, 1.82) is 0 Å². The number of rotatable bonds is 7. The van der Waals surface area contributed by atoms with E-state index in [2.05, 4.69) is 18.7 Å². The van der Waals surface area contributed by atoms with Gasteiger partial charge in [0.2, 0.25) is 6.10 Å². The number of esters is 1. The summed E-state index contributed by atoms with van der Waals surface area (Å²) in [6.45, 7) is 7.08. The van der Waals surface area contributed by atoms with E-state index in [9.17, 15) is 4.79 Å². The number of nitrogens with zero attached hydrogens (tertiary/aromatic N) is 1. The van der Waals surface area contributed by atoms with Gasteiger partial charge in [0.05, 0.1) is 0 Å². The second kappa shape index (κ2) is 8.72. The first kappa shape index (κ1) is 18.3. The molecule has 1 heterocycles. The minimum atomic E-state index is -0.830. The average Bonchev–Trinajstić information content (AvgIpc) is 2.70. The molecule has 0 spiro atoms. The van der Waals surface area contributed by atoms with Crippen LogP contribution in [0.5, 0.6) is 11.5 Å². The topological polar surface area (TPSA) is 48.0 Å². The molecule has 26 heavy (non-hydrogen) atoms. The van der Waals surface area contributed by atoms with E-state index in [4.69, 9.17) is 14.2 Å². The van der Waals surface area contributed by atoms with Crippen molar-refractivity contribution in [2.24, 2.45) is 0 Å². The molecule has 0 radical (unpaired) electrons. The fourth-order valence-corrected chi connectivity index (χ4v) is 3.00. The van der Waals surface area contributed by atoms with Gasteiger partial charge in [0.15, 0.2) is 17.6 Å². The van der Waals surface area contributed by atoms with Crippen molar-refractivity contribution in [2.45, 2.75) is 26.1 Å². The second-order valence-corrected chi connectivity index (χ2v) is 6.13. The molecule has 0 aliphatic carbocycles. The minimum absolute atomic E-state index is 0.337. The predicted molar refractivity (Wildman–Crippen MR) is 99.4 cm³/mol. The van der Waals surface area contributed by atoms with Crippen LogP contribution in [0.1, 0.15) is 25.5 Å². The maximum absolute atomic E-state index is 12.7. The standard InChI is InChI=1S/C21H25NO4/c1-3-22(4-2)14-15-24-21(23)20-19(16-10-6-5-7-11-16)25-17-12-8-9-13-18(17)26-20/h5-13,19-20H,3-4,14-15H2,1-2H3/t19-,20+/m0/s1. The van der Waals surface area contributed by atoms with Gasteiger partial charge in [-0.15, -0.1) is 0 Å². The zero-order valence-electron chi connectivity index (χ0n) is 15.3. The van der Waals surface area contributed by atoms with Crippen molar-refractivity contribution < 1.29 is 19.0 Å². The Kier molecular flexibility index (Phi) is 6.12. The highest BCUT2D eigenvalue weighted by Gasteiger charge is 2.39. The molecule has 3 rings (SSSR count). The van der Waals surface area contributed by atoms with Gasteiger partial charge in [-0.2, -0.15) is 0 Å². The number of benzene rings is 2. The van der Waals surface area contributed by atoms with E-state index in [1.165, 1.54) is 0 Å². The van der Waals surface area contributed by atoms with Crippen LogP contribution in [0.3, 0.4) is 0 Å². The van der Waals surface area contributed by atoms with Gasteiger partial charge in [0.25, 0.3) is 0 Å². The molecule has 138 valence electrons. The molecule has 1 aliphatic heterocycles. The molecule has 5 nitrogen and oxygen atoms in total. The fourth-order valence-electron chi connectivity index (χ4n) is 3.00. The first-order chi connectivity index (χ1) is 12.7. The zero-order chi connectivity index (χ0) is 18.4. The Morgan fingerprint density at radius 2 is 1.58 bits per heavy atom. The molecule has 2 atom stereocenters. The summed E-state index contributed by atoms with van der Waals surface area (Å²) in [4.78, 5) is 14.9. The highest BCUT2D eigenvalue weighted by atomic mass is 16.6. The van der Waals surface area contributed by atoms with E-state index < -0.39 is 18.2 Å². The molecule has 5 heteroatoms. The van der Waals surface area contributed by atoms with Crippen molar-refractivity contribution >= 4 is 5.97 Å². The molecule has 0 saturated carbocycles. The lowest BCUT2D eigenvalue weighted by Gasteiger charge is -2.33. The molecule has 1 aliphatic rings. The van der Waals surface area contributed by atoms with Crippen LogP contribution >= 0.6 is 0 Å². The summed E-state index contributed by atoms with van der Waals surface area (Å²) in [5.74, 6) is 0.791. The summed E-state index contributed by atoms with van der Waals surface area (Å²) < 4.78 is 17.5. The zero-order valence-corrected chi connectivity index (χ0v) is 15.3. The van der Waals surface area contributed by atoms with Crippen molar-refractivity contribution in [1.82, 2.24) is 4.90 Å². The van der Waals surface area contributed by atoms with Crippen LogP contribution in [0, 0.1) is 0 Å². The summed E-state index contributed by atoms with van der Waals surface area (Å²) in [7, 11) is 0. The van der Waals surface area contributed by atoms with Gasteiger partial charge in [0, 0.05) is 6.54 Å². The van der Waals surface area contributed by atoms with Crippen molar-refractivity contribution in [3.8, 4) is 11.5 Å². The third-order valence-electron chi connectivity index (χ3n) is 4.54. The molecule has 0 aromatic heterocycles. The Morgan fingerprint density at radius 1 is 0.962 bits per heavy atom. The molecular formula is C21H25NO4. The van der Waals surface area contributed by atoms with E-state index in [-0.39, 0.29) is 0 Å². The van der Waals surface area contributed by atoms with E-state index >= 15 is 0 Å². The molecular weight excluding hydrogens is 330 g/mol. The molecule has 0 saturated heterocycles. The lowest BCUT2D eigenvalue weighted by Crippen LogP contribution is -2.41. The number of hydrogen-bond donors (Lipinski definition) is 0. The van der Waals surface area contributed by atoms with Crippen molar-refractivity contribution in [2.75, 3.05) is 26.2 Å². The summed E-state index contributed by atoms with van der Waals surface area (Å²) in [6, 6.07) is 17.0. The van der Waals surface area contributed by atoms with Crippen LogP contribution in [0.15, 0.2) is 54.6 Å². The summed E-state index contributed by atoms with van der Waals surface area (Å²) in [5, 5.41) is 0. The van der Waals surface area contributed by atoms with Crippen LogP contribution in [-0.4, -0.2) is 43.2 Å². The summed E-state index contributed by atoms with van der Waals surface area (Å²) >= 11 is 0. The number of likely N-dealkylation sites (N-methyl/N-ethyl adjacent to an activating group) is 1. The first-order valence-electron chi connectivity index (χ1n) is 9.09. The van der Waals surface area contributed by atoms with Gasteiger partial charge < -0.3 is 19.1 Å². The third kappa shape index (κ3) is 4.17. The van der Waals surface area contributed by atoms with Gasteiger partial charge in [-0.1, -0.05) is 56.3 Å². The molecule has 0 amide bonds. The van der Waals surface area contributed by atoms with Gasteiger partial charge >= 0.3 is 5.97 Å². The van der Waals surface area contributed by atoms with Crippen LogP contribution in [0.2, 0.25) is 0 Å². The maximum Gasteiger partial charge on any atom is 0.351 e. The highest BCUT2D eigenvalue weighted by molar-refractivity contribution is 5.77. The SMILES string of the molecule is CCN(CC)CCOC(=O)[C@@H]1Oc2ccccc2O[C@H]1c1ccccc1. The van der Waals surface area contributed by atoms with Crippen LogP contribution in [-0.2, 0) is 9.53 Å². The quantitative estimate of drug-likeness (QED) is 0.712. The van der Waals surface area contributed by atoms with E-state index in [0.29, 0.717) is 24.7 Å². The lowest BCUT2D eigenvalue weighted by atomic mass is 10.0. The van der Waals surface area contributed by atoms with E-state index in [0.717, 1.165) is 18.7 Å². The van der Waals surface area contributed by atoms with Crippen molar-refractivity contribution in [3.63, 3.8) is 0 Å². The van der Waals surface area contributed by atoms with Crippen LogP contribution in [0.4, 0.5) is 0 Å². The number of fused-ring (bicyclic) bond motifs is 1. The van der Waals surface area contributed by atoms with Gasteiger partial charge in [0.1, 0.15) is 6.61 Å². The van der Waals surface area contributed by atoms with Gasteiger partial charge in [-0.05, 0) is 30.8 Å². The van der Waals surface area contributed by atoms with Crippen molar-refractivity contribution in [3.05, 3.63) is 60.2 Å². The Morgan fingerprint density at radius 3 is 2.23 bits per heavy atom. The van der Waals surface area contributed by atoms with E-state index in [1.54, 1.807) is 6.07 Å². The second-order valence-electron chi connectivity index (χ2n) is 6.13. The molecule has 2 aromatic rings. The summed E-state index contributed by atoms with van der Waals surface area (Å²) in [5.41, 5.74) is 0.882. The largest absolute Gasteiger partial charge is 0.477 e. The minimum Gasteiger partial charge on any atom is -0.477 e. The molecule has 2 aromatic carbocycles. The number of hydrogen-bond acceptors (Lipinski definition) is 5. The normalized spacial score (nSPS) is 18.6. The Labute approximate surface area is 154 Å². The van der Waals surface area contributed by atoms with E-state index in [1.807, 2.05) is 48.5 Å². The number of ether oxygens (including phenoxy) is 3. The van der Waals surface area contributed by atoms with Crippen LogP contribution < -0.4 is 9.47 Å². The Balaban J connectivity index is 1.75. The molecule has 0 N–H and O–H groups in total. The van der Waals surface area contributed by atoms with Crippen LogP contribution in [0.25, 0.3) is 0 Å². The maximum atomic E-state index is 12.7. The molecule has 0 unspecified atom stereocenters. The number of carbonyl (C=O) groups excluding carboxylic acids is 1. The fraction of sp³-hybridized carbons (Fsp3) is 0.381. The predicted octanol–water partition coefficient (Wildman–Crippen LogP) is 3.45. The number of para-hydroxylation sites is 2. The molecule has 0 bridgehead atoms. The highest BCUT2D eigenvalue weighted by Crippen LogP contribution is 2.39. The van der Waals surface area contributed by atoms with Gasteiger partial charge in [-0.25, -0.2) is 4.79 Å². The smallest absolute Gasteiger partial charge is 0.351 e. The Hall–Kier alpha value is -2.53. The van der Waals surface area contributed by atoms with Gasteiger partial charge in [-0.3, -0.25) is 0 Å². The first-order valence-corrected chi connectivity index (χ1v) is 9.09. The summed E-state index contributed by atoms with van der Waals surface area (Å²) in [6.07, 6.45) is -1.36. The number of carbonyl (C=O) groups is 1. The third-order valence-corrected chi connectivity index (χ3v) is 4.54. The monoisotopic (exact) mass is 355 g/mol. The average molecular weight is 355 g/mol. The lowest BCUT2D eigenvalue weighted by molar-refractivity contribution is -0.159. The Bertz CT molecular complexity index is 715. The molecule has 0 fully saturated rings.